The highest BCUT2D eigenvalue weighted by atomic mass is 35.5. The molecule has 1 amide bonds. The predicted octanol–water partition coefficient (Wildman–Crippen LogP) is 3.87. The SMILES string of the molecule is COCc1nc(Cn2c(O)cn([C@H](C(=O)N[C@@H](Cc3ccccc3)[C@H](O)CN(CC(C)C)S(=O)(=O)c3ccc(Cl)c(N)c3)C(C)C)c2=O)cs1. The summed E-state index contributed by atoms with van der Waals surface area (Å²) in [7, 11) is -2.58. The summed E-state index contributed by atoms with van der Waals surface area (Å²) in [5, 5.41) is 28.1. The molecule has 13 nitrogen and oxygen atoms in total. The van der Waals surface area contributed by atoms with Crippen molar-refractivity contribution >= 4 is 44.6 Å². The van der Waals surface area contributed by atoms with Crippen molar-refractivity contribution in [3.8, 4) is 5.88 Å². The van der Waals surface area contributed by atoms with Gasteiger partial charge in [-0.3, -0.25) is 13.9 Å². The molecule has 0 bridgehead atoms. The summed E-state index contributed by atoms with van der Waals surface area (Å²) >= 11 is 7.42. The van der Waals surface area contributed by atoms with Crippen LogP contribution in [0, 0.1) is 11.8 Å². The van der Waals surface area contributed by atoms with Crippen LogP contribution in [0.3, 0.4) is 0 Å². The van der Waals surface area contributed by atoms with E-state index >= 15 is 0 Å². The van der Waals surface area contributed by atoms with Crippen molar-refractivity contribution in [3.63, 3.8) is 0 Å². The summed E-state index contributed by atoms with van der Waals surface area (Å²) in [5.41, 5.74) is 6.75. The second-order valence-electron chi connectivity index (χ2n) is 12.9. The lowest BCUT2D eigenvalue weighted by molar-refractivity contribution is -0.127. The molecule has 2 aromatic heterocycles. The normalized spacial score (nSPS) is 14.0. The first-order valence-corrected chi connectivity index (χ1v) is 18.8. The maximum Gasteiger partial charge on any atom is 0.332 e. The van der Waals surface area contributed by atoms with E-state index in [1.807, 2.05) is 44.2 Å². The number of benzene rings is 2. The van der Waals surface area contributed by atoms with Crippen LogP contribution in [-0.4, -0.2) is 75.3 Å². The number of aromatic nitrogens is 3. The van der Waals surface area contributed by atoms with E-state index in [1.165, 1.54) is 44.6 Å². The van der Waals surface area contributed by atoms with Crippen molar-refractivity contribution in [1.29, 1.82) is 0 Å². The number of anilines is 1. The summed E-state index contributed by atoms with van der Waals surface area (Å²) in [6, 6.07) is 11.2. The first-order valence-electron chi connectivity index (χ1n) is 16.1. The summed E-state index contributed by atoms with van der Waals surface area (Å²) in [4.78, 5) is 32.1. The van der Waals surface area contributed by atoms with E-state index in [2.05, 4.69) is 10.3 Å². The number of aliphatic hydroxyl groups excluding tert-OH is 1. The van der Waals surface area contributed by atoms with Gasteiger partial charge in [-0.1, -0.05) is 69.6 Å². The van der Waals surface area contributed by atoms with Crippen LogP contribution in [-0.2, 0) is 39.1 Å². The molecule has 0 unspecified atom stereocenters. The van der Waals surface area contributed by atoms with Crippen molar-refractivity contribution in [2.24, 2.45) is 11.8 Å². The number of aliphatic hydroxyl groups is 1. The van der Waals surface area contributed by atoms with Crippen molar-refractivity contribution in [2.45, 2.75) is 70.4 Å². The Morgan fingerprint density at radius 2 is 1.84 bits per heavy atom. The van der Waals surface area contributed by atoms with Crippen molar-refractivity contribution in [1.82, 2.24) is 23.7 Å². The predicted molar refractivity (Wildman–Crippen MR) is 194 cm³/mol. The van der Waals surface area contributed by atoms with Gasteiger partial charge in [0.25, 0.3) is 0 Å². The zero-order chi connectivity index (χ0) is 36.7. The summed E-state index contributed by atoms with van der Waals surface area (Å²) < 4.78 is 36.3. The van der Waals surface area contributed by atoms with Gasteiger partial charge < -0.3 is 26.0 Å². The monoisotopic (exact) mass is 748 g/mol. The molecule has 0 spiro atoms. The van der Waals surface area contributed by atoms with Crippen LogP contribution in [0.15, 0.2) is 69.8 Å². The lowest BCUT2D eigenvalue weighted by atomic mass is 9.98. The first-order chi connectivity index (χ1) is 23.6. The number of aromatic hydroxyl groups is 1. The number of thiazole rings is 1. The third-order valence-electron chi connectivity index (χ3n) is 8.03. The van der Waals surface area contributed by atoms with Gasteiger partial charge in [0.05, 0.1) is 52.8 Å². The van der Waals surface area contributed by atoms with Gasteiger partial charge in [-0.2, -0.15) is 4.31 Å². The highest BCUT2D eigenvalue weighted by Crippen LogP contribution is 2.26. The molecule has 0 aliphatic heterocycles. The summed E-state index contributed by atoms with van der Waals surface area (Å²) in [6.45, 7) is 7.27. The van der Waals surface area contributed by atoms with Gasteiger partial charge in [0.1, 0.15) is 11.0 Å². The number of hydrogen-bond acceptors (Lipinski definition) is 10. The molecular formula is C34H45ClN6O7S2. The largest absolute Gasteiger partial charge is 0.493 e. The minimum atomic E-state index is -4.14. The Labute approximate surface area is 301 Å². The van der Waals surface area contributed by atoms with E-state index in [-0.39, 0.29) is 53.5 Å². The molecule has 16 heteroatoms. The van der Waals surface area contributed by atoms with E-state index < -0.39 is 45.7 Å². The van der Waals surface area contributed by atoms with E-state index in [0.717, 1.165) is 10.1 Å². The molecule has 2 heterocycles. The van der Waals surface area contributed by atoms with Crippen LogP contribution in [0.1, 0.15) is 50.0 Å². The Bertz CT molecular complexity index is 1910. The van der Waals surface area contributed by atoms with Crippen LogP contribution >= 0.6 is 22.9 Å². The fourth-order valence-electron chi connectivity index (χ4n) is 5.62. The van der Waals surface area contributed by atoms with Gasteiger partial charge in [0.2, 0.25) is 21.8 Å². The van der Waals surface area contributed by atoms with Crippen LogP contribution in [0.5, 0.6) is 5.88 Å². The number of methoxy groups -OCH3 is 1. The number of nitrogen functional groups attached to an aromatic ring is 1. The molecule has 0 aliphatic rings. The number of imidazole rings is 1. The van der Waals surface area contributed by atoms with Gasteiger partial charge >= 0.3 is 5.69 Å². The molecule has 0 radical (unpaired) electrons. The summed E-state index contributed by atoms with van der Waals surface area (Å²) in [5.74, 6) is -1.45. The first kappa shape index (κ1) is 39.1. The quantitative estimate of drug-likeness (QED) is 0.117. The lowest BCUT2D eigenvalue weighted by Crippen LogP contribution is -2.53. The molecule has 272 valence electrons. The molecule has 3 atom stereocenters. The molecule has 2 aromatic carbocycles. The number of amides is 1. The smallest absolute Gasteiger partial charge is 0.332 e. The van der Waals surface area contributed by atoms with Crippen LogP contribution in [0.4, 0.5) is 5.69 Å². The highest BCUT2D eigenvalue weighted by Gasteiger charge is 2.34. The highest BCUT2D eigenvalue weighted by molar-refractivity contribution is 7.89. The number of halogens is 1. The van der Waals surface area contributed by atoms with Gasteiger partial charge in [0, 0.05) is 25.6 Å². The fourth-order valence-corrected chi connectivity index (χ4v) is 8.15. The van der Waals surface area contributed by atoms with Crippen molar-refractivity contribution in [2.75, 3.05) is 25.9 Å². The third kappa shape index (κ3) is 9.53. The number of sulfonamides is 1. The van der Waals surface area contributed by atoms with Crippen LogP contribution in [0.25, 0.3) is 0 Å². The lowest BCUT2D eigenvalue weighted by Gasteiger charge is -2.32. The van der Waals surface area contributed by atoms with Gasteiger partial charge in [-0.05, 0) is 42.0 Å². The molecule has 0 aliphatic carbocycles. The van der Waals surface area contributed by atoms with Crippen LogP contribution in [0.2, 0.25) is 5.02 Å². The molecule has 0 saturated carbocycles. The molecule has 50 heavy (non-hydrogen) atoms. The Hall–Kier alpha value is -3.73. The minimum Gasteiger partial charge on any atom is -0.493 e. The van der Waals surface area contributed by atoms with Gasteiger partial charge in [0.15, 0.2) is 0 Å². The maximum absolute atomic E-state index is 14.1. The number of carbonyl (C=O) groups excluding carboxylic acids is 1. The Morgan fingerprint density at radius 3 is 2.46 bits per heavy atom. The maximum atomic E-state index is 14.1. The fraction of sp³-hybridized carbons (Fsp3) is 0.441. The zero-order valence-electron chi connectivity index (χ0n) is 28.7. The Kier molecular flexibility index (Phi) is 13.3. The third-order valence-corrected chi connectivity index (χ3v) is 11.1. The van der Waals surface area contributed by atoms with Crippen LogP contribution < -0.4 is 16.7 Å². The Morgan fingerprint density at radius 1 is 1.14 bits per heavy atom. The molecular weight excluding hydrogens is 704 g/mol. The molecule has 0 fully saturated rings. The van der Waals surface area contributed by atoms with Gasteiger partial charge in [-0.25, -0.2) is 18.2 Å². The number of hydrogen-bond donors (Lipinski definition) is 4. The second kappa shape index (κ2) is 17.0. The molecule has 5 N–H and O–H groups in total. The van der Waals surface area contributed by atoms with E-state index in [9.17, 15) is 28.2 Å². The molecule has 0 saturated heterocycles. The number of carbonyl (C=O) groups is 1. The van der Waals surface area contributed by atoms with Crippen molar-refractivity contribution in [3.05, 3.63) is 91.9 Å². The van der Waals surface area contributed by atoms with Crippen molar-refractivity contribution < 1.29 is 28.2 Å². The average Bonchev–Trinajstić information content (AvgIpc) is 3.61. The zero-order valence-corrected chi connectivity index (χ0v) is 31.1. The number of nitrogens with one attached hydrogen (secondary N) is 1. The number of nitrogens with zero attached hydrogens (tertiary/aromatic N) is 4. The molecule has 4 aromatic rings. The number of nitrogens with two attached hydrogens (primary N) is 1. The minimum absolute atomic E-state index is 0.0148. The number of ether oxygens (including phenoxy) is 1. The molecule has 4 rings (SSSR count). The second-order valence-corrected chi connectivity index (χ2v) is 16.2. The standard InChI is InChI=1S/C34H45ClN6O7S2/c1-21(2)15-39(50(46,47)25-11-12-26(35)27(36)14-25)17-29(42)28(13-23-9-7-6-8-10-23)38-33(44)32(22(3)4)41-18-31(43)40(34(41)45)16-24-20-49-30(37-24)19-48-5/h6-12,14,18,20-22,28-29,32,42-43H,13,15-17,19,36H2,1-5H3,(H,38,44)/t28-,29+,32-/m0/s1. The summed E-state index contributed by atoms with van der Waals surface area (Å²) in [6.07, 6.45) is 0.00859. The average molecular weight is 749 g/mol. The van der Waals surface area contributed by atoms with E-state index in [1.54, 1.807) is 26.3 Å². The van der Waals surface area contributed by atoms with E-state index in [0.29, 0.717) is 17.3 Å². The van der Waals surface area contributed by atoms with E-state index in [4.69, 9.17) is 22.1 Å². The van der Waals surface area contributed by atoms with Gasteiger partial charge in [-0.15, -0.1) is 11.3 Å². The number of rotatable bonds is 17. The Balaban J connectivity index is 1.64. The topological polar surface area (TPSA) is 182 Å².